The molecule has 0 bridgehead atoms. The van der Waals surface area contributed by atoms with Crippen molar-refractivity contribution in [1.29, 1.82) is 0 Å². The minimum atomic E-state index is -0.623. The number of nitrogens with zero attached hydrogens (tertiary/aromatic N) is 4. The lowest BCUT2D eigenvalue weighted by Gasteiger charge is -2.38. The number of imidazole rings is 1. The van der Waals surface area contributed by atoms with E-state index in [1.54, 1.807) is 43.9 Å². The number of hydrogen-bond donors (Lipinski definition) is 0. The first-order chi connectivity index (χ1) is 16.1. The molecular formula is C24H32N4O6. The number of amides is 2. The third-order valence-corrected chi connectivity index (χ3v) is 6.13. The fourth-order valence-electron chi connectivity index (χ4n) is 4.25. The number of benzene rings is 1. The number of carbonyl (C=O) groups is 3. The van der Waals surface area contributed by atoms with Crippen LogP contribution in [0.25, 0.3) is 11.0 Å². The predicted molar refractivity (Wildman–Crippen MR) is 123 cm³/mol. The highest BCUT2D eigenvalue weighted by atomic mass is 16.6. The van der Waals surface area contributed by atoms with Crippen molar-refractivity contribution in [3.63, 3.8) is 0 Å². The average molecular weight is 473 g/mol. The Hall–Kier alpha value is -3.14. The molecule has 4 rings (SSSR count). The molecule has 0 N–H and O–H groups in total. The topological polar surface area (TPSA) is 103 Å². The summed E-state index contributed by atoms with van der Waals surface area (Å²) in [7, 11) is 1.35. The maximum atomic E-state index is 13.0. The number of piperazine rings is 1. The number of esters is 1. The molecule has 184 valence electrons. The van der Waals surface area contributed by atoms with E-state index in [2.05, 4.69) is 0 Å². The van der Waals surface area contributed by atoms with Crippen LogP contribution in [0.4, 0.5) is 4.79 Å². The zero-order chi connectivity index (χ0) is 24.6. The summed E-state index contributed by atoms with van der Waals surface area (Å²) in [6, 6.07) is 4.91. The Labute approximate surface area is 198 Å². The van der Waals surface area contributed by atoms with Gasteiger partial charge in [-0.15, -0.1) is 0 Å². The molecule has 0 radical (unpaired) electrons. The molecular weight excluding hydrogens is 440 g/mol. The van der Waals surface area contributed by atoms with Crippen molar-refractivity contribution in [2.24, 2.45) is 0 Å². The largest absolute Gasteiger partial charge is 0.465 e. The summed E-state index contributed by atoms with van der Waals surface area (Å²) >= 11 is 0. The van der Waals surface area contributed by atoms with Gasteiger partial charge in [-0.25, -0.2) is 14.6 Å². The van der Waals surface area contributed by atoms with Crippen molar-refractivity contribution < 1.29 is 28.6 Å². The van der Waals surface area contributed by atoms with Crippen LogP contribution in [0.5, 0.6) is 0 Å². The van der Waals surface area contributed by atoms with E-state index in [1.807, 2.05) is 11.5 Å². The van der Waals surface area contributed by atoms with Crippen LogP contribution in [0.2, 0.25) is 0 Å². The molecule has 0 aliphatic carbocycles. The van der Waals surface area contributed by atoms with Crippen LogP contribution in [-0.4, -0.2) is 82.4 Å². The van der Waals surface area contributed by atoms with Crippen molar-refractivity contribution in [2.45, 2.75) is 58.4 Å². The average Bonchev–Trinajstić information content (AvgIpc) is 3.11. The van der Waals surface area contributed by atoms with E-state index in [0.717, 1.165) is 24.1 Å². The molecule has 0 spiro atoms. The van der Waals surface area contributed by atoms with Gasteiger partial charge in [-0.05, 0) is 52.3 Å². The maximum Gasteiger partial charge on any atom is 0.410 e. The first kappa shape index (κ1) is 24.0. The highest BCUT2D eigenvalue weighted by molar-refractivity contribution is 5.93. The molecule has 34 heavy (non-hydrogen) atoms. The van der Waals surface area contributed by atoms with Gasteiger partial charge in [0.15, 0.2) is 0 Å². The van der Waals surface area contributed by atoms with E-state index >= 15 is 0 Å². The predicted octanol–water partition coefficient (Wildman–Crippen LogP) is 2.75. The van der Waals surface area contributed by atoms with Crippen LogP contribution in [-0.2, 0) is 25.5 Å². The molecule has 1 unspecified atom stereocenters. The lowest BCUT2D eigenvalue weighted by atomic mass is 10.1. The van der Waals surface area contributed by atoms with E-state index in [4.69, 9.17) is 19.2 Å². The van der Waals surface area contributed by atoms with Crippen LogP contribution in [0.3, 0.4) is 0 Å². The molecule has 0 saturated carbocycles. The van der Waals surface area contributed by atoms with Gasteiger partial charge >= 0.3 is 12.1 Å². The highest BCUT2D eigenvalue weighted by Gasteiger charge is 2.35. The third-order valence-electron chi connectivity index (χ3n) is 6.13. The van der Waals surface area contributed by atoms with Crippen molar-refractivity contribution >= 4 is 29.0 Å². The highest BCUT2D eigenvalue weighted by Crippen LogP contribution is 2.29. The van der Waals surface area contributed by atoms with E-state index in [1.165, 1.54) is 12.0 Å². The normalized spacial score (nSPS) is 19.7. The van der Waals surface area contributed by atoms with Gasteiger partial charge in [0.25, 0.3) is 0 Å². The standard InChI is InChI=1S/C24H32N4O6/c1-15(27-10-9-26(14-20(27)29)23(31)34-24(2,3)4)21-25-18-7-6-16(22(30)32-5)12-19(18)28(21)13-17-8-11-33-17/h6-7,12,15,17H,8-11,13-14H2,1-5H3/t15?,17-/m0/s1. The molecule has 10 heteroatoms. The second kappa shape index (κ2) is 9.25. The summed E-state index contributed by atoms with van der Waals surface area (Å²) in [5.41, 5.74) is 1.34. The summed E-state index contributed by atoms with van der Waals surface area (Å²) < 4.78 is 18.0. The first-order valence-electron chi connectivity index (χ1n) is 11.5. The van der Waals surface area contributed by atoms with Crippen molar-refractivity contribution in [2.75, 3.05) is 33.4 Å². The first-order valence-corrected chi connectivity index (χ1v) is 11.5. The maximum absolute atomic E-state index is 13.0. The Morgan fingerprint density at radius 2 is 2.00 bits per heavy atom. The number of methoxy groups -OCH3 is 1. The number of ether oxygens (including phenoxy) is 3. The molecule has 10 nitrogen and oxygen atoms in total. The Balaban J connectivity index is 1.59. The van der Waals surface area contributed by atoms with Gasteiger partial charge in [-0.3, -0.25) is 9.69 Å². The van der Waals surface area contributed by atoms with Crippen LogP contribution < -0.4 is 0 Å². The van der Waals surface area contributed by atoms with E-state index in [-0.39, 0.29) is 24.6 Å². The zero-order valence-corrected chi connectivity index (χ0v) is 20.4. The van der Waals surface area contributed by atoms with Crippen LogP contribution in [0, 0.1) is 0 Å². The lowest BCUT2D eigenvalue weighted by Crippen LogP contribution is -2.54. The Kier molecular flexibility index (Phi) is 6.53. The van der Waals surface area contributed by atoms with E-state index < -0.39 is 17.7 Å². The monoisotopic (exact) mass is 472 g/mol. The fraction of sp³-hybridized carbons (Fsp3) is 0.583. The summed E-state index contributed by atoms with van der Waals surface area (Å²) in [6.45, 7) is 9.33. The molecule has 2 fully saturated rings. The SMILES string of the molecule is COC(=O)c1ccc2nc(C(C)N3CCN(C(=O)OC(C)(C)C)CC3=O)n(C[C@@H]3CCO3)c2c1. The number of rotatable bonds is 5. The number of hydrogen-bond acceptors (Lipinski definition) is 7. The van der Waals surface area contributed by atoms with Crippen molar-refractivity contribution in [3.05, 3.63) is 29.6 Å². The number of fused-ring (bicyclic) bond motifs is 1. The molecule has 1 aromatic heterocycles. The van der Waals surface area contributed by atoms with E-state index in [0.29, 0.717) is 31.0 Å². The van der Waals surface area contributed by atoms with Crippen LogP contribution >= 0.6 is 0 Å². The number of carbonyl (C=O) groups excluding carboxylic acids is 3. The second-order valence-electron chi connectivity index (χ2n) is 9.72. The molecule has 2 aliphatic heterocycles. The lowest BCUT2D eigenvalue weighted by molar-refractivity contribution is -0.138. The molecule has 1 aromatic carbocycles. The quantitative estimate of drug-likeness (QED) is 0.617. The zero-order valence-electron chi connectivity index (χ0n) is 20.4. The van der Waals surface area contributed by atoms with Gasteiger partial charge in [-0.1, -0.05) is 0 Å². The summed E-state index contributed by atoms with van der Waals surface area (Å²) in [5.74, 6) is 0.127. The molecule has 2 aromatic rings. The molecule has 2 aliphatic rings. The second-order valence-corrected chi connectivity index (χ2v) is 9.72. The Bertz CT molecular complexity index is 1100. The van der Waals surface area contributed by atoms with Crippen molar-refractivity contribution in [1.82, 2.24) is 19.4 Å². The Morgan fingerprint density at radius 1 is 1.26 bits per heavy atom. The number of aromatic nitrogens is 2. The summed E-state index contributed by atoms with van der Waals surface area (Å²) in [5, 5.41) is 0. The minimum absolute atomic E-state index is 0.0439. The smallest absolute Gasteiger partial charge is 0.410 e. The van der Waals surface area contributed by atoms with Crippen molar-refractivity contribution in [3.8, 4) is 0 Å². The van der Waals surface area contributed by atoms with Gasteiger partial charge in [0, 0.05) is 19.7 Å². The van der Waals surface area contributed by atoms with Gasteiger partial charge in [-0.2, -0.15) is 0 Å². The van der Waals surface area contributed by atoms with Crippen LogP contribution in [0.1, 0.15) is 56.3 Å². The third kappa shape index (κ3) is 4.86. The van der Waals surface area contributed by atoms with Gasteiger partial charge in [0.05, 0.1) is 42.4 Å². The molecule has 3 heterocycles. The van der Waals surface area contributed by atoms with Gasteiger partial charge in [0.1, 0.15) is 18.0 Å². The van der Waals surface area contributed by atoms with Gasteiger partial charge in [0.2, 0.25) is 5.91 Å². The van der Waals surface area contributed by atoms with E-state index in [9.17, 15) is 14.4 Å². The molecule has 2 saturated heterocycles. The Morgan fingerprint density at radius 3 is 2.59 bits per heavy atom. The minimum Gasteiger partial charge on any atom is -0.465 e. The summed E-state index contributed by atoms with van der Waals surface area (Å²) in [6.07, 6.45) is 0.514. The molecule has 2 amide bonds. The molecule has 2 atom stereocenters. The fourth-order valence-corrected chi connectivity index (χ4v) is 4.25. The summed E-state index contributed by atoms with van der Waals surface area (Å²) in [4.78, 5) is 45.5. The van der Waals surface area contributed by atoms with Crippen LogP contribution in [0.15, 0.2) is 18.2 Å². The van der Waals surface area contributed by atoms with Gasteiger partial charge < -0.3 is 23.7 Å².